The lowest BCUT2D eigenvalue weighted by molar-refractivity contribution is 1.43. The van der Waals surface area contributed by atoms with E-state index in [4.69, 9.17) is 5.73 Å². The fraction of sp³-hybridized carbons (Fsp3) is 0.100. The number of benzene rings is 3. The smallest absolute Gasteiger partial charge is 0.0314 e. The predicted octanol–water partition coefficient (Wildman–Crippen LogP) is 4.49. The third-order valence-electron chi connectivity index (χ3n) is 3.60. The molecule has 1 nitrogen and oxygen atoms in total. The molecular formula is C20H20NPS. The summed E-state index contributed by atoms with van der Waals surface area (Å²) in [4.78, 5) is 1.29. The number of thioether (sulfide) groups is 1. The summed E-state index contributed by atoms with van der Waals surface area (Å²) in [6, 6.07) is 29.9. The topological polar surface area (TPSA) is 26.0 Å². The molecule has 0 aliphatic heterocycles. The van der Waals surface area contributed by atoms with Crippen LogP contribution in [-0.4, -0.2) is 11.9 Å². The molecule has 0 saturated carbocycles. The van der Waals surface area contributed by atoms with E-state index in [0.717, 1.165) is 11.4 Å². The maximum atomic E-state index is 5.75. The second kappa shape index (κ2) is 8.19. The van der Waals surface area contributed by atoms with Crippen molar-refractivity contribution in [2.75, 3.05) is 17.6 Å². The summed E-state index contributed by atoms with van der Waals surface area (Å²) in [5.41, 5.74) is 6.57. The van der Waals surface area contributed by atoms with Crippen molar-refractivity contribution >= 4 is 36.0 Å². The molecule has 0 unspecified atom stereocenters. The molecule has 0 atom stereocenters. The van der Waals surface area contributed by atoms with E-state index in [-0.39, 0.29) is 7.92 Å². The minimum absolute atomic E-state index is 0.299. The minimum Gasteiger partial charge on any atom is -0.399 e. The van der Waals surface area contributed by atoms with E-state index in [1.807, 2.05) is 23.9 Å². The first-order valence-electron chi connectivity index (χ1n) is 7.69. The van der Waals surface area contributed by atoms with Crippen LogP contribution in [0.1, 0.15) is 0 Å². The summed E-state index contributed by atoms with van der Waals surface area (Å²) in [6.07, 6.45) is 1.18. The van der Waals surface area contributed by atoms with Gasteiger partial charge in [-0.25, -0.2) is 0 Å². The van der Waals surface area contributed by atoms with Crippen molar-refractivity contribution in [2.45, 2.75) is 4.90 Å². The average molecular weight is 337 g/mol. The van der Waals surface area contributed by atoms with Gasteiger partial charge in [0.1, 0.15) is 0 Å². The van der Waals surface area contributed by atoms with Gasteiger partial charge in [0.25, 0.3) is 0 Å². The summed E-state index contributed by atoms with van der Waals surface area (Å²) in [5, 5.41) is 2.90. The second-order valence-corrected chi connectivity index (χ2v) is 8.74. The molecule has 3 aromatic rings. The summed E-state index contributed by atoms with van der Waals surface area (Å²) in [7, 11) is -0.299. The lowest BCUT2D eigenvalue weighted by atomic mass is 10.3. The van der Waals surface area contributed by atoms with Crippen molar-refractivity contribution in [1.82, 2.24) is 0 Å². The zero-order chi connectivity index (χ0) is 15.9. The molecule has 3 aromatic carbocycles. The molecule has 2 N–H and O–H groups in total. The zero-order valence-electron chi connectivity index (χ0n) is 12.9. The monoisotopic (exact) mass is 337 g/mol. The van der Waals surface area contributed by atoms with E-state index in [9.17, 15) is 0 Å². The third kappa shape index (κ3) is 4.60. The Kier molecular flexibility index (Phi) is 5.74. The van der Waals surface area contributed by atoms with Gasteiger partial charge < -0.3 is 5.73 Å². The van der Waals surface area contributed by atoms with Crippen LogP contribution in [0.25, 0.3) is 0 Å². The number of hydrogen-bond donors (Lipinski definition) is 1. The summed E-state index contributed by atoms with van der Waals surface area (Å²) in [5.74, 6) is 1.11. The van der Waals surface area contributed by atoms with Crippen LogP contribution >= 0.6 is 19.7 Å². The fourth-order valence-corrected chi connectivity index (χ4v) is 5.98. The molecule has 3 heteroatoms. The quantitative estimate of drug-likeness (QED) is 0.407. The zero-order valence-corrected chi connectivity index (χ0v) is 14.6. The van der Waals surface area contributed by atoms with Gasteiger partial charge in [0.2, 0.25) is 0 Å². The average Bonchev–Trinajstić information content (AvgIpc) is 2.62. The molecule has 0 aliphatic rings. The van der Waals surface area contributed by atoms with Crippen LogP contribution in [0.2, 0.25) is 0 Å². The van der Waals surface area contributed by atoms with E-state index in [2.05, 4.69) is 72.8 Å². The first-order chi connectivity index (χ1) is 11.3. The summed E-state index contributed by atoms with van der Waals surface area (Å²) in [6.45, 7) is 0. The van der Waals surface area contributed by atoms with Gasteiger partial charge in [0.05, 0.1) is 0 Å². The van der Waals surface area contributed by atoms with Crippen LogP contribution in [0.5, 0.6) is 0 Å². The number of nitrogens with two attached hydrogens (primary N) is 1. The standard InChI is InChI=1S/C20H20NPS/c21-17-11-13-20(14-12-17)23-16-15-22(18-7-3-1-4-8-18)19-9-5-2-6-10-19/h1-14H,15-16,21H2. The highest BCUT2D eigenvalue weighted by molar-refractivity contribution is 7.99. The van der Waals surface area contributed by atoms with Crippen molar-refractivity contribution < 1.29 is 0 Å². The van der Waals surface area contributed by atoms with E-state index >= 15 is 0 Å². The Morgan fingerprint density at radius 2 is 1.22 bits per heavy atom. The summed E-state index contributed by atoms with van der Waals surface area (Å²) < 4.78 is 0. The Morgan fingerprint density at radius 3 is 1.74 bits per heavy atom. The lowest BCUT2D eigenvalue weighted by Crippen LogP contribution is -2.14. The molecule has 0 amide bonds. The Morgan fingerprint density at radius 1 is 0.696 bits per heavy atom. The third-order valence-corrected chi connectivity index (χ3v) is 7.43. The van der Waals surface area contributed by atoms with Crippen molar-refractivity contribution in [3.8, 4) is 0 Å². The van der Waals surface area contributed by atoms with Crippen molar-refractivity contribution in [1.29, 1.82) is 0 Å². The molecule has 0 aromatic heterocycles. The Labute approximate surface area is 143 Å². The first-order valence-corrected chi connectivity index (χ1v) is 10.2. The van der Waals surface area contributed by atoms with Gasteiger partial charge in [-0.2, -0.15) is 0 Å². The molecule has 0 aliphatic carbocycles. The Hall–Kier alpha value is -1.76. The largest absolute Gasteiger partial charge is 0.399 e. The van der Waals surface area contributed by atoms with Gasteiger partial charge in [-0.1, -0.05) is 60.7 Å². The molecule has 0 spiro atoms. The molecule has 116 valence electrons. The molecule has 0 fully saturated rings. The minimum atomic E-state index is -0.299. The number of nitrogen functional groups attached to an aromatic ring is 1. The summed E-state index contributed by atoms with van der Waals surface area (Å²) >= 11 is 1.91. The second-order valence-electron chi connectivity index (χ2n) is 5.24. The molecule has 0 heterocycles. The van der Waals surface area contributed by atoms with Gasteiger partial charge in [0.15, 0.2) is 0 Å². The molecule has 0 saturated heterocycles. The lowest BCUT2D eigenvalue weighted by Gasteiger charge is -2.18. The maximum Gasteiger partial charge on any atom is 0.0314 e. The molecule has 0 bridgehead atoms. The Bertz CT molecular complexity index is 674. The van der Waals surface area contributed by atoms with Crippen LogP contribution in [0.15, 0.2) is 89.8 Å². The van der Waals surface area contributed by atoms with Gasteiger partial charge >= 0.3 is 0 Å². The number of anilines is 1. The normalized spacial score (nSPS) is 10.8. The van der Waals surface area contributed by atoms with E-state index < -0.39 is 0 Å². The number of hydrogen-bond acceptors (Lipinski definition) is 2. The van der Waals surface area contributed by atoms with E-state index in [0.29, 0.717) is 0 Å². The SMILES string of the molecule is Nc1ccc(SCCP(c2ccccc2)c2ccccc2)cc1. The highest BCUT2D eigenvalue weighted by atomic mass is 32.2. The Balaban J connectivity index is 1.71. The van der Waals surface area contributed by atoms with Gasteiger partial charge in [-0.3, -0.25) is 0 Å². The number of rotatable bonds is 6. The van der Waals surface area contributed by atoms with E-state index in [1.165, 1.54) is 21.7 Å². The van der Waals surface area contributed by atoms with E-state index in [1.54, 1.807) is 0 Å². The van der Waals surface area contributed by atoms with Crippen molar-refractivity contribution in [3.05, 3.63) is 84.9 Å². The maximum absolute atomic E-state index is 5.75. The first kappa shape index (κ1) is 16.1. The molecule has 0 radical (unpaired) electrons. The highest BCUT2D eigenvalue weighted by Crippen LogP contribution is 2.35. The molecular weight excluding hydrogens is 317 g/mol. The van der Waals surface area contributed by atoms with Crippen LogP contribution in [0.3, 0.4) is 0 Å². The highest BCUT2D eigenvalue weighted by Gasteiger charge is 2.13. The molecule has 3 rings (SSSR count). The predicted molar refractivity (Wildman–Crippen MR) is 106 cm³/mol. The van der Waals surface area contributed by atoms with Crippen molar-refractivity contribution in [3.63, 3.8) is 0 Å². The molecule has 23 heavy (non-hydrogen) atoms. The fourth-order valence-electron chi connectivity index (χ4n) is 2.44. The van der Waals surface area contributed by atoms with Gasteiger partial charge in [-0.15, -0.1) is 11.8 Å². The van der Waals surface area contributed by atoms with Crippen LogP contribution in [0.4, 0.5) is 5.69 Å². The van der Waals surface area contributed by atoms with Gasteiger partial charge in [0, 0.05) is 16.3 Å². The van der Waals surface area contributed by atoms with Crippen LogP contribution < -0.4 is 16.3 Å². The van der Waals surface area contributed by atoms with Crippen LogP contribution in [-0.2, 0) is 0 Å². The van der Waals surface area contributed by atoms with Crippen LogP contribution in [0, 0.1) is 0 Å². The van der Waals surface area contributed by atoms with Crippen molar-refractivity contribution in [2.24, 2.45) is 0 Å². The van der Waals surface area contributed by atoms with Gasteiger partial charge in [-0.05, 0) is 49.0 Å².